The summed E-state index contributed by atoms with van der Waals surface area (Å²) in [5.41, 5.74) is 2.09. The second-order valence-corrected chi connectivity index (χ2v) is 5.02. The lowest BCUT2D eigenvalue weighted by Crippen LogP contribution is -2.38. The Hall–Kier alpha value is -1.84. The summed E-state index contributed by atoms with van der Waals surface area (Å²) in [7, 11) is 0. The normalized spacial score (nSPS) is 18.3. The maximum Gasteiger partial charge on any atom is 0.231 e. The van der Waals surface area contributed by atoms with Crippen LogP contribution >= 0.6 is 0 Å². The number of hydrogen-bond donors (Lipinski definition) is 0. The zero-order valence-electron chi connectivity index (χ0n) is 11.0. The second kappa shape index (κ2) is 5.43. The first kappa shape index (κ1) is 12.2. The van der Waals surface area contributed by atoms with Crippen LogP contribution in [0.5, 0.6) is 5.75 Å². The van der Waals surface area contributed by atoms with Gasteiger partial charge in [-0.25, -0.2) is 0 Å². The van der Waals surface area contributed by atoms with E-state index in [-0.39, 0.29) is 5.91 Å². The highest BCUT2D eigenvalue weighted by atomic mass is 16.5. The zero-order chi connectivity index (χ0) is 13.1. The second-order valence-electron chi connectivity index (χ2n) is 5.02. The lowest BCUT2D eigenvalue weighted by molar-refractivity contribution is -0.118. The quantitative estimate of drug-likeness (QED) is 0.766. The van der Waals surface area contributed by atoms with Crippen molar-refractivity contribution in [2.75, 3.05) is 18.1 Å². The Morgan fingerprint density at radius 3 is 3.21 bits per heavy atom. The SMILES string of the molecule is O=C(CC1=CCCCC1)N1CCOc2ccncc21. The van der Waals surface area contributed by atoms with E-state index in [1.54, 1.807) is 17.3 Å². The van der Waals surface area contributed by atoms with E-state index < -0.39 is 0 Å². The summed E-state index contributed by atoms with van der Waals surface area (Å²) >= 11 is 0. The molecule has 2 heterocycles. The molecule has 0 N–H and O–H groups in total. The number of ether oxygens (including phenoxy) is 1. The molecule has 1 aliphatic carbocycles. The Kier molecular flexibility index (Phi) is 3.49. The summed E-state index contributed by atoms with van der Waals surface area (Å²) in [5.74, 6) is 0.915. The minimum Gasteiger partial charge on any atom is -0.489 e. The number of carbonyl (C=O) groups is 1. The van der Waals surface area contributed by atoms with Crippen LogP contribution in [0.15, 0.2) is 30.1 Å². The molecule has 3 rings (SSSR count). The molecule has 0 fully saturated rings. The molecule has 0 spiro atoms. The van der Waals surface area contributed by atoms with Gasteiger partial charge in [-0.2, -0.15) is 0 Å². The van der Waals surface area contributed by atoms with Crippen LogP contribution in [0.2, 0.25) is 0 Å². The maximum absolute atomic E-state index is 12.4. The summed E-state index contributed by atoms with van der Waals surface area (Å²) in [4.78, 5) is 18.3. The predicted molar refractivity (Wildman–Crippen MR) is 73.3 cm³/mol. The summed E-state index contributed by atoms with van der Waals surface area (Å²) < 4.78 is 5.55. The van der Waals surface area contributed by atoms with Crippen LogP contribution in [-0.2, 0) is 4.79 Å². The van der Waals surface area contributed by atoms with Gasteiger partial charge in [-0.05, 0) is 25.7 Å². The third-order valence-electron chi connectivity index (χ3n) is 3.69. The van der Waals surface area contributed by atoms with Crippen molar-refractivity contribution >= 4 is 11.6 Å². The Labute approximate surface area is 113 Å². The van der Waals surface area contributed by atoms with Crippen LogP contribution in [-0.4, -0.2) is 24.0 Å². The third-order valence-corrected chi connectivity index (χ3v) is 3.69. The number of fused-ring (bicyclic) bond motifs is 1. The van der Waals surface area contributed by atoms with Crippen LogP contribution in [0.25, 0.3) is 0 Å². The average Bonchev–Trinajstić information content (AvgIpc) is 2.47. The minimum absolute atomic E-state index is 0.158. The number of carbonyl (C=O) groups excluding carboxylic acids is 1. The molecule has 1 amide bonds. The van der Waals surface area contributed by atoms with E-state index >= 15 is 0 Å². The van der Waals surface area contributed by atoms with Crippen LogP contribution in [0.4, 0.5) is 5.69 Å². The summed E-state index contributed by atoms with van der Waals surface area (Å²) in [6.07, 6.45) is 10.8. The molecule has 0 radical (unpaired) electrons. The monoisotopic (exact) mass is 258 g/mol. The molecule has 0 atom stereocenters. The molecule has 4 heteroatoms. The fourth-order valence-corrected chi connectivity index (χ4v) is 2.68. The lowest BCUT2D eigenvalue weighted by atomic mass is 9.97. The van der Waals surface area contributed by atoms with Crippen molar-refractivity contribution in [3.63, 3.8) is 0 Å². The largest absolute Gasteiger partial charge is 0.489 e. The van der Waals surface area contributed by atoms with Gasteiger partial charge < -0.3 is 9.64 Å². The molecule has 4 nitrogen and oxygen atoms in total. The van der Waals surface area contributed by atoms with Gasteiger partial charge in [-0.15, -0.1) is 0 Å². The number of pyridine rings is 1. The van der Waals surface area contributed by atoms with Crippen molar-refractivity contribution in [3.05, 3.63) is 30.1 Å². The molecular weight excluding hydrogens is 240 g/mol. The summed E-state index contributed by atoms with van der Waals surface area (Å²) in [5, 5.41) is 0. The molecule has 0 unspecified atom stereocenters. The number of nitrogens with zero attached hydrogens (tertiary/aromatic N) is 2. The van der Waals surface area contributed by atoms with Gasteiger partial charge >= 0.3 is 0 Å². The number of hydrogen-bond acceptors (Lipinski definition) is 3. The fraction of sp³-hybridized carbons (Fsp3) is 0.467. The van der Waals surface area contributed by atoms with Gasteiger partial charge in [0.1, 0.15) is 18.0 Å². The molecule has 1 aromatic heterocycles. The van der Waals surface area contributed by atoms with Gasteiger partial charge in [-0.3, -0.25) is 9.78 Å². The van der Waals surface area contributed by atoms with E-state index in [1.807, 2.05) is 6.07 Å². The first-order valence-corrected chi connectivity index (χ1v) is 6.90. The van der Waals surface area contributed by atoms with Gasteiger partial charge in [0.05, 0.1) is 12.7 Å². The molecule has 0 saturated carbocycles. The van der Waals surface area contributed by atoms with Crippen molar-refractivity contribution in [1.82, 2.24) is 4.98 Å². The number of anilines is 1. The van der Waals surface area contributed by atoms with Crippen molar-refractivity contribution in [1.29, 1.82) is 0 Å². The number of aromatic nitrogens is 1. The number of allylic oxidation sites excluding steroid dienone is 1. The van der Waals surface area contributed by atoms with E-state index in [0.29, 0.717) is 19.6 Å². The Bertz CT molecular complexity index is 511. The molecule has 0 aromatic carbocycles. The zero-order valence-corrected chi connectivity index (χ0v) is 11.0. The fourth-order valence-electron chi connectivity index (χ4n) is 2.68. The van der Waals surface area contributed by atoms with E-state index in [0.717, 1.165) is 24.3 Å². The predicted octanol–water partition coefficient (Wildman–Crippen LogP) is 2.70. The van der Waals surface area contributed by atoms with E-state index in [4.69, 9.17) is 4.74 Å². The van der Waals surface area contributed by atoms with Gasteiger partial charge in [0.15, 0.2) is 0 Å². The Morgan fingerprint density at radius 1 is 1.42 bits per heavy atom. The number of rotatable bonds is 2. The molecule has 0 bridgehead atoms. The first-order valence-electron chi connectivity index (χ1n) is 6.90. The molecular formula is C15H18N2O2. The summed E-state index contributed by atoms with van der Waals surface area (Å²) in [6.45, 7) is 1.17. The van der Waals surface area contributed by atoms with E-state index in [1.165, 1.54) is 18.4 Å². The number of amides is 1. The lowest BCUT2D eigenvalue weighted by Gasteiger charge is -2.29. The Balaban J connectivity index is 1.75. The average molecular weight is 258 g/mol. The van der Waals surface area contributed by atoms with E-state index in [2.05, 4.69) is 11.1 Å². The smallest absolute Gasteiger partial charge is 0.231 e. The molecule has 1 aliphatic heterocycles. The van der Waals surface area contributed by atoms with Crippen LogP contribution in [0, 0.1) is 0 Å². The van der Waals surface area contributed by atoms with Crippen molar-refractivity contribution < 1.29 is 9.53 Å². The van der Waals surface area contributed by atoms with Crippen LogP contribution < -0.4 is 9.64 Å². The Morgan fingerprint density at radius 2 is 2.37 bits per heavy atom. The van der Waals surface area contributed by atoms with Crippen LogP contribution in [0.1, 0.15) is 32.1 Å². The maximum atomic E-state index is 12.4. The highest BCUT2D eigenvalue weighted by molar-refractivity contribution is 5.96. The van der Waals surface area contributed by atoms with Crippen molar-refractivity contribution in [3.8, 4) is 5.75 Å². The van der Waals surface area contributed by atoms with Gasteiger partial charge in [0.2, 0.25) is 5.91 Å². The minimum atomic E-state index is 0.158. The van der Waals surface area contributed by atoms with Crippen LogP contribution in [0.3, 0.4) is 0 Å². The summed E-state index contributed by atoms with van der Waals surface area (Å²) in [6, 6.07) is 1.81. The van der Waals surface area contributed by atoms with E-state index in [9.17, 15) is 4.79 Å². The standard InChI is InChI=1S/C15H18N2O2/c18-15(10-12-4-2-1-3-5-12)17-8-9-19-14-6-7-16-11-13(14)17/h4,6-7,11H,1-3,5,8-10H2. The highest BCUT2D eigenvalue weighted by Crippen LogP contribution is 2.31. The first-order chi connectivity index (χ1) is 9.34. The van der Waals surface area contributed by atoms with Crippen molar-refractivity contribution in [2.45, 2.75) is 32.1 Å². The topological polar surface area (TPSA) is 42.4 Å². The van der Waals surface area contributed by atoms with Gasteiger partial charge in [0.25, 0.3) is 0 Å². The highest BCUT2D eigenvalue weighted by Gasteiger charge is 2.24. The molecule has 19 heavy (non-hydrogen) atoms. The molecule has 1 aromatic rings. The third kappa shape index (κ3) is 2.62. The molecule has 0 saturated heterocycles. The molecule has 2 aliphatic rings. The van der Waals surface area contributed by atoms with Crippen molar-refractivity contribution in [2.24, 2.45) is 0 Å². The van der Waals surface area contributed by atoms with Gasteiger partial charge in [-0.1, -0.05) is 11.6 Å². The molecule has 100 valence electrons. The van der Waals surface area contributed by atoms with Gasteiger partial charge in [0, 0.05) is 18.7 Å².